The van der Waals surface area contributed by atoms with Crippen LogP contribution in [0.5, 0.6) is 0 Å². The summed E-state index contributed by atoms with van der Waals surface area (Å²) in [5.74, 6) is -0.416. The van der Waals surface area contributed by atoms with E-state index >= 15 is 0 Å². The lowest BCUT2D eigenvalue weighted by molar-refractivity contribution is 0.0600. The molecule has 2 atom stereocenters. The van der Waals surface area contributed by atoms with Crippen molar-refractivity contribution < 1.29 is 17.9 Å². The van der Waals surface area contributed by atoms with Crippen molar-refractivity contribution in [3.8, 4) is 5.69 Å². The topological polar surface area (TPSA) is 106 Å². The summed E-state index contributed by atoms with van der Waals surface area (Å²) in [6.07, 6.45) is 4.80. The summed E-state index contributed by atoms with van der Waals surface area (Å²) in [6, 6.07) is 21.8. The maximum atomic E-state index is 12.2. The first-order valence-corrected chi connectivity index (χ1v) is 14.4. The van der Waals surface area contributed by atoms with Gasteiger partial charge in [-0.1, -0.05) is 12.1 Å². The van der Waals surface area contributed by atoms with Crippen LogP contribution in [-0.2, 0) is 14.8 Å². The van der Waals surface area contributed by atoms with Gasteiger partial charge in [-0.3, -0.25) is 9.71 Å². The molecule has 2 N–H and O–H groups in total. The summed E-state index contributed by atoms with van der Waals surface area (Å²) in [5, 5.41) is 3.95. The van der Waals surface area contributed by atoms with E-state index in [1.54, 1.807) is 24.4 Å². The zero-order valence-electron chi connectivity index (χ0n) is 21.5. The number of esters is 1. The van der Waals surface area contributed by atoms with Crippen LogP contribution in [0.3, 0.4) is 0 Å². The van der Waals surface area contributed by atoms with E-state index in [0.717, 1.165) is 34.6 Å². The number of carbonyl (C=O) groups excluding carboxylic acids is 1. The van der Waals surface area contributed by atoms with Gasteiger partial charge in [-0.05, 0) is 85.4 Å². The normalized spacial score (nSPS) is 17.1. The summed E-state index contributed by atoms with van der Waals surface area (Å²) in [5.41, 5.74) is 5.01. The summed E-state index contributed by atoms with van der Waals surface area (Å²) in [4.78, 5) is 18.8. The van der Waals surface area contributed by atoms with E-state index in [1.165, 1.54) is 7.11 Å². The van der Waals surface area contributed by atoms with Gasteiger partial charge in [-0.25, -0.2) is 13.2 Å². The predicted octanol–water partition coefficient (Wildman–Crippen LogP) is 4.52. The molecule has 2 aromatic heterocycles. The number of hydrogen-bond acceptors (Lipinski definition) is 6. The molecule has 4 aromatic rings. The number of nitrogens with one attached hydrogen (secondary N) is 2. The lowest BCUT2D eigenvalue weighted by atomic mass is 10.00. The number of rotatable bonds is 7. The van der Waals surface area contributed by atoms with E-state index in [0.29, 0.717) is 16.4 Å². The number of thiocarbonyl (C=S) groups is 1. The Hall–Kier alpha value is -4.22. The summed E-state index contributed by atoms with van der Waals surface area (Å²) in [7, 11) is -2.07. The van der Waals surface area contributed by atoms with Gasteiger partial charge < -0.3 is 19.5 Å². The molecule has 0 amide bonds. The molecule has 11 heteroatoms. The van der Waals surface area contributed by atoms with Crippen LogP contribution in [0.4, 0.5) is 11.4 Å². The number of anilines is 2. The van der Waals surface area contributed by atoms with Crippen molar-refractivity contribution in [1.29, 1.82) is 0 Å². The summed E-state index contributed by atoms with van der Waals surface area (Å²) >= 11 is 5.85. The average molecular weight is 562 g/mol. The molecule has 5 rings (SSSR count). The van der Waals surface area contributed by atoms with Crippen molar-refractivity contribution in [2.45, 2.75) is 19.0 Å². The number of sulfonamides is 1. The van der Waals surface area contributed by atoms with Crippen molar-refractivity contribution in [3.05, 3.63) is 108 Å². The third kappa shape index (κ3) is 5.36. The minimum absolute atomic E-state index is 0.287. The van der Waals surface area contributed by atoms with Crippen LogP contribution in [0, 0.1) is 6.92 Å². The molecule has 200 valence electrons. The molecular weight excluding hydrogens is 534 g/mol. The molecule has 3 heterocycles. The zero-order valence-corrected chi connectivity index (χ0v) is 23.2. The smallest absolute Gasteiger partial charge is 0.337 e. The Balaban J connectivity index is 1.63. The van der Waals surface area contributed by atoms with Gasteiger partial charge in [-0.2, -0.15) is 0 Å². The number of aryl methyl sites for hydroxylation is 1. The molecule has 1 fully saturated rings. The first-order chi connectivity index (χ1) is 18.7. The van der Waals surface area contributed by atoms with Crippen LogP contribution in [0.15, 0.2) is 85.2 Å². The van der Waals surface area contributed by atoms with E-state index in [9.17, 15) is 13.2 Å². The number of aromatic nitrogens is 2. The number of ether oxygens (including phenoxy) is 1. The highest BCUT2D eigenvalue weighted by Crippen LogP contribution is 2.43. The first kappa shape index (κ1) is 26.4. The Labute approximate surface area is 232 Å². The highest BCUT2D eigenvalue weighted by molar-refractivity contribution is 7.92. The maximum absolute atomic E-state index is 12.2. The molecule has 0 radical (unpaired) electrons. The number of pyridine rings is 1. The van der Waals surface area contributed by atoms with Crippen LogP contribution in [0.2, 0.25) is 0 Å². The fraction of sp³-hybridized carbons (Fsp3) is 0.179. The Morgan fingerprint density at radius 2 is 1.87 bits per heavy atom. The number of methoxy groups -OCH3 is 1. The van der Waals surface area contributed by atoms with Gasteiger partial charge in [0.15, 0.2) is 5.11 Å². The molecule has 9 nitrogen and oxygen atoms in total. The summed E-state index contributed by atoms with van der Waals surface area (Å²) < 4.78 is 33.1. The molecule has 1 saturated heterocycles. The number of benzene rings is 2. The van der Waals surface area contributed by atoms with E-state index in [4.69, 9.17) is 17.0 Å². The fourth-order valence-electron chi connectivity index (χ4n) is 4.82. The van der Waals surface area contributed by atoms with Gasteiger partial charge in [0.25, 0.3) is 0 Å². The van der Waals surface area contributed by atoms with Crippen molar-refractivity contribution in [3.63, 3.8) is 0 Å². The molecule has 0 bridgehead atoms. The Kier molecular flexibility index (Phi) is 7.11. The number of nitrogens with zero attached hydrogens (tertiary/aromatic N) is 3. The standard InChI is InChI=1S/C28H27N5O4S2/c1-18-16-21(12-13-22(18)31-39(3,35)36)33-26(25(30-28(33)38)23-10-4-5-14-29-23)24-11-7-15-32(24)20-9-6-8-19(17-20)27(34)37-2/h4-17,25-26,31H,1-3H3,(H,30,38)/t25-,26+/m0/s1. The van der Waals surface area contributed by atoms with Crippen molar-refractivity contribution >= 4 is 44.7 Å². The Morgan fingerprint density at radius 3 is 2.56 bits per heavy atom. The van der Waals surface area contributed by atoms with E-state index in [2.05, 4.69) is 15.0 Å². The molecule has 2 aromatic carbocycles. The van der Waals surface area contributed by atoms with Crippen molar-refractivity contribution in [1.82, 2.24) is 14.9 Å². The number of hydrogen-bond donors (Lipinski definition) is 2. The lowest BCUT2D eigenvalue weighted by Crippen LogP contribution is -2.30. The Bertz CT molecular complexity index is 1650. The van der Waals surface area contributed by atoms with Crippen molar-refractivity contribution in [2.24, 2.45) is 0 Å². The monoisotopic (exact) mass is 561 g/mol. The van der Waals surface area contributed by atoms with Crippen LogP contribution >= 0.6 is 12.2 Å². The first-order valence-electron chi connectivity index (χ1n) is 12.1. The van der Waals surface area contributed by atoms with Gasteiger partial charge in [0.05, 0.1) is 36.4 Å². The highest BCUT2D eigenvalue weighted by atomic mass is 32.2. The molecule has 1 aliphatic heterocycles. The molecule has 1 aliphatic rings. The molecule has 39 heavy (non-hydrogen) atoms. The third-order valence-electron chi connectivity index (χ3n) is 6.51. The minimum atomic E-state index is -3.43. The van der Waals surface area contributed by atoms with Gasteiger partial charge in [-0.15, -0.1) is 0 Å². The lowest BCUT2D eigenvalue weighted by Gasteiger charge is -2.29. The minimum Gasteiger partial charge on any atom is -0.465 e. The molecule has 0 aliphatic carbocycles. The van der Waals surface area contributed by atoms with Crippen LogP contribution < -0.4 is 14.9 Å². The molecule has 0 unspecified atom stereocenters. The average Bonchev–Trinajstić information content (AvgIpc) is 3.53. The second-order valence-corrected chi connectivity index (χ2v) is 11.4. The van der Waals surface area contributed by atoms with E-state index in [-0.39, 0.29) is 12.1 Å². The van der Waals surface area contributed by atoms with Crippen LogP contribution in [0.25, 0.3) is 5.69 Å². The van der Waals surface area contributed by atoms with Crippen LogP contribution in [0.1, 0.15) is 39.4 Å². The van der Waals surface area contributed by atoms with Gasteiger partial charge in [0.1, 0.15) is 6.04 Å². The van der Waals surface area contributed by atoms with E-state index in [1.807, 2.05) is 77.2 Å². The summed E-state index contributed by atoms with van der Waals surface area (Å²) in [6.45, 7) is 1.84. The van der Waals surface area contributed by atoms with E-state index < -0.39 is 16.0 Å². The van der Waals surface area contributed by atoms with Gasteiger partial charge in [0, 0.05) is 29.5 Å². The molecular formula is C28H27N5O4S2. The van der Waals surface area contributed by atoms with Gasteiger partial charge >= 0.3 is 5.97 Å². The van der Waals surface area contributed by atoms with Crippen molar-refractivity contribution in [2.75, 3.05) is 23.0 Å². The van der Waals surface area contributed by atoms with Crippen LogP contribution in [-0.4, -0.2) is 42.4 Å². The second-order valence-electron chi connectivity index (χ2n) is 9.22. The largest absolute Gasteiger partial charge is 0.465 e. The third-order valence-corrected chi connectivity index (χ3v) is 7.42. The SMILES string of the molecule is COC(=O)c1cccc(-n2cccc2[C@@H]2[C@H](c3ccccn3)NC(=S)N2c2ccc(NS(C)(=O)=O)c(C)c2)c1. The second kappa shape index (κ2) is 10.5. The Morgan fingerprint density at radius 1 is 1.05 bits per heavy atom. The molecule has 0 spiro atoms. The predicted molar refractivity (Wildman–Crippen MR) is 155 cm³/mol. The van der Waals surface area contributed by atoms with Gasteiger partial charge in [0.2, 0.25) is 10.0 Å². The molecule has 0 saturated carbocycles. The quantitative estimate of drug-likeness (QED) is 0.251. The fourth-order valence-corrected chi connectivity index (χ4v) is 5.79. The number of carbonyl (C=O) groups is 1. The zero-order chi connectivity index (χ0) is 27.7. The maximum Gasteiger partial charge on any atom is 0.337 e. The highest BCUT2D eigenvalue weighted by Gasteiger charge is 2.42.